The lowest BCUT2D eigenvalue weighted by Crippen LogP contribution is -2.36. The zero-order chi connectivity index (χ0) is 65.2. The summed E-state index contributed by atoms with van der Waals surface area (Å²) in [6.45, 7) is 50.1. The highest BCUT2D eigenvalue weighted by Gasteiger charge is 2.44. The Morgan fingerprint density at radius 2 is 0.742 bits per heavy atom. The van der Waals surface area contributed by atoms with Gasteiger partial charge in [0.05, 0.1) is 12.1 Å². The van der Waals surface area contributed by atoms with Crippen LogP contribution in [0.5, 0.6) is 11.5 Å². The van der Waals surface area contributed by atoms with Crippen molar-refractivity contribution in [2.24, 2.45) is 33.5 Å². The van der Waals surface area contributed by atoms with Crippen LogP contribution in [0.1, 0.15) is 214 Å². The Kier molecular flexibility index (Phi) is 17.2. The van der Waals surface area contributed by atoms with Crippen LogP contribution in [-0.4, -0.2) is 33.9 Å². The van der Waals surface area contributed by atoms with Gasteiger partial charge in [0.25, 0.3) is 0 Å². The van der Waals surface area contributed by atoms with Gasteiger partial charge in [-0.3, -0.25) is 9.59 Å². The van der Waals surface area contributed by atoms with Crippen LogP contribution in [0.2, 0.25) is 10.0 Å². The van der Waals surface area contributed by atoms with E-state index in [0.29, 0.717) is 56.7 Å². The van der Waals surface area contributed by atoms with Gasteiger partial charge in [-0.1, -0.05) is 197 Å². The largest absolute Gasteiger partial charge is 0.489 e. The van der Waals surface area contributed by atoms with Crippen LogP contribution in [0, 0.1) is 54.3 Å². The maximum Gasteiger partial charge on any atom is 0.186 e. The minimum atomic E-state index is -0.516. The first-order chi connectivity index (χ1) is 41.1. The number of ketones is 2. The number of aryl methyl sites for hydroxylation is 3. The van der Waals surface area contributed by atoms with E-state index < -0.39 is 12.1 Å². The molecule has 0 fully saturated rings. The normalized spacial score (nSPS) is 18.6. The van der Waals surface area contributed by atoms with E-state index in [1.807, 2.05) is 38.1 Å². The van der Waals surface area contributed by atoms with Gasteiger partial charge < -0.3 is 18.6 Å². The molecule has 0 aliphatic heterocycles. The van der Waals surface area contributed by atoms with Gasteiger partial charge in [0.1, 0.15) is 24.7 Å². The fourth-order valence-corrected chi connectivity index (χ4v) is 16.1. The van der Waals surface area contributed by atoms with Crippen LogP contribution >= 0.6 is 23.2 Å². The summed E-state index contributed by atoms with van der Waals surface area (Å²) in [6.07, 6.45) is 7.67. The number of fused-ring (bicyclic) bond motifs is 6. The second kappa shape index (κ2) is 23.2. The van der Waals surface area contributed by atoms with Crippen LogP contribution in [0.3, 0.4) is 0 Å². The molecule has 0 N–H and O–H groups in total. The summed E-state index contributed by atoms with van der Waals surface area (Å²) in [4.78, 5) is 32.0. The first-order valence-electron chi connectivity index (χ1n) is 32.6. The third-order valence-electron chi connectivity index (χ3n) is 19.4. The number of rotatable bonds is 13. The van der Waals surface area contributed by atoms with Gasteiger partial charge >= 0.3 is 0 Å². The molecule has 0 saturated heterocycles. The Bertz CT molecular complexity index is 4110. The number of hydrogen-bond acceptors (Lipinski definition) is 4. The fourth-order valence-electron chi connectivity index (χ4n) is 15.6. The fraction of sp³-hybridized carbons (Fsp3) is 0.481. The molecule has 89 heavy (non-hydrogen) atoms. The second-order valence-electron chi connectivity index (χ2n) is 33.7. The molecule has 0 spiro atoms. The molecule has 6 aromatic carbocycles. The summed E-state index contributed by atoms with van der Waals surface area (Å²) in [6, 6.07) is 33.8. The molecule has 4 unspecified atom stereocenters. The van der Waals surface area contributed by atoms with Crippen molar-refractivity contribution in [3.05, 3.63) is 164 Å². The van der Waals surface area contributed by atoms with E-state index >= 15 is 9.59 Å². The van der Waals surface area contributed by atoms with Gasteiger partial charge in [-0.05, 0) is 197 Å². The Labute approximate surface area is 542 Å². The van der Waals surface area contributed by atoms with Crippen molar-refractivity contribution in [2.45, 2.75) is 206 Å². The standard InChI is InChI=1S/C81H100Cl2N2O4/c1-47-23-27-65-57(33-47)58-36-50(77(10,11)12)24-28-66(58)84(65)69-41-53(80(19,20)45-75(4,5)6)39-61(71(69)86)63-43-55(82)34-48(2)73(63)88-31-32-89-74-49(3)35-56(83)44-64(74)62-40-54(81(21,22)46-76(7,8)9)42-70(72(62)87)85-67-29-25-51(78(13,14)15)37-59(67)60-38-52(79(16,17)18)26-30-68(60)85/h23-30,33-40,43-44,53-54,69-70H,31-32,41-42,45-46H2,1-22H3. The molecule has 0 amide bonds. The molecule has 8 aromatic rings. The number of carbonyl (C=O) groups is 2. The van der Waals surface area contributed by atoms with Crippen molar-refractivity contribution in [3.8, 4) is 11.5 Å². The van der Waals surface area contributed by atoms with Crippen molar-refractivity contribution in [1.82, 2.24) is 9.13 Å². The molecule has 2 aliphatic carbocycles. The second-order valence-corrected chi connectivity index (χ2v) is 34.5. The Morgan fingerprint density at radius 1 is 0.427 bits per heavy atom. The smallest absolute Gasteiger partial charge is 0.186 e. The summed E-state index contributed by atoms with van der Waals surface area (Å²) in [5, 5.41) is 5.70. The first kappa shape index (κ1) is 65.9. The highest BCUT2D eigenvalue weighted by molar-refractivity contribution is 6.32. The number of aromatic nitrogens is 2. The number of benzene rings is 6. The molecule has 2 aromatic heterocycles. The molecular weight excluding hydrogens is 1140 g/mol. The highest BCUT2D eigenvalue weighted by atomic mass is 35.5. The number of Topliss-reactive ketones (excluding diaryl/α,β-unsaturated/α-hetero) is 2. The summed E-state index contributed by atoms with van der Waals surface area (Å²) < 4.78 is 18.6. The molecule has 2 aliphatic rings. The zero-order valence-corrected chi connectivity index (χ0v) is 59.2. The molecule has 2 heterocycles. The number of halogens is 2. The molecule has 472 valence electrons. The molecule has 0 bridgehead atoms. The molecule has 0 saturated carbocycles. The van der Waals surface area contributed by atoms with E-state index in [1.165, 1.54) is 22.3 Å². The number of nitrogens with zero attached hydrogens (tertiary/aromatic N) is 2. The maximum absolute atomic E-state index is 16.1. The number of allylic oxidation sites excluding steroid dienone is 4. The lowest BCUT2D eigenvalue weighted by molar-refractivity contribution is -0.118. The number of hydrogen-bond donors (Lipinski definition) is 0. The Morgan fingerprint density at radius 3 is 1.06 bits per heavy atom. The third-order valence-corrected chi connectivity index (χ3v) is 19.9. The Hall–Kier alpha value is -6.08. The van der Waals surface area contributed by atoms with Gasteiger partial charge in [0.15, 0.2) is 11.6 Å². The van der Waals surface area contributed by atoms with Crippen molar-refractivity contribution >= 4 is 89.5 Å². The van der Waals surface area contributed by atoms with Crippen LogP contribution in [0.15, 0.2) is 109 Å². The minimum Gasteiger partial charge on any atom is -0.489 e. The van der Waals surface area contributed by atoms with Crippen LogP contribution in [0.25, 0.3) is 54.8 Å². The summed E-state index contributed by atoms with van der Waals surface area (Å²) in [5.74, 6) is 1.31. The predicted octanol–water partition coefficient (Wildman–Crippen LogP) is 22.8. The average Bonchev–Trinajstić information content (AvgIpc) is 1.64. The number of ether oxygens (including phenoxy) is 2. The third kappa shape index (κ3) is 13.2. The van der Waals surface area contributed by atoms with E-state index in [9.17, 15) is 0 Å². The highest BCUT2D eigenvalue weighted by Crippen LogP contribution is 2.53. The van der Waals surface area contributed by atoms with Gasteiger partial charge in [-0.25, -0.2) is 0 Å². The molecule has 8 heteroatoms. The van der Waals surface area contributed by atoms with Crippen molar-refractivity contribution < 1.29 is 19.1 Å². The van der Waals surface area contributed by atoms with E-state index in [2.05, 4.69) is 233 Å². The molecular formula is C81H100Cl2N2O4. The molecule has 6 nitrogen and oxygen atoms in total. The van der Waals surface area contributed by atoms with Crippen molar-refractivity contribution in [1.29, 1.82) is 0 Å². The first-order valence-corrected chi connectivity index (χ1v) is 33.4. The molecule has 0 radical (unpaired) electrons. The quantitative estimate of drug-likeness (QED) is 0.108. The van der Waals surface area contributed by atoms with Crippen molar-refractivity contribution in [2.75, 3.05) is 13.2 Å². The van der Waals surface area contributed by atoms with Crippen LogP contribution in [0.4, 0.5) is 0 Å². The van der Waals surface area contributed by atoms with Crippen LogP contribution < -0.4 is 9.47 Å². The summed E-state index contributed by atoms with van der Waals surface area (Å²) in [5.41, 5.74) is 12.9. The van der Waals surface area contributed by atoms with Gasteiger partial charge in [-0.15, -0.1) is 0 Å². The zero-order valence-electron chi connectivity index (χ0n) is 57.7. The van der Waals surface area contributed by atoms with Crippen molar-refractivity contribution in [3.63, 3.8) is 0 Å². The molecule has 4 atom stereocenters. The number of carbonyl (C=O) groups excluding carboxylic acids is 2. The van der Waals surface area contributed by atoms with E-state index in [1.54, 1.807) is 0 Å². The lowest BCUT2D eigenvalue weighted by atomic mass is 9.64. The van der Waals surface area contributed by atoms with Gasteiger partial charge in [-0.2, -0.15) is 0 Å². The lowest BCUT2D eigenvalue weighted by Gasteiger charge is -2.42. The van der Waals surface area contributed by atoms with Gasteiger partial charge in [0.2, 0.25) is 0 Å². The van der Waals surface area contributed by atoms with E-state index in [0.717, 1.165) is 67.6 Å². The summed E-state index contributed by atoms with van der Waals surface area (Å²) in [7, 11) is 0. The molecule has 10 rings (SSSR count). The monoisotopic (exact) mass is 1230 g/mol. The van der Waals surface area contributed by atoms with E-state index in [-0.39, 0.29) is 74.5 Å². The maximum atomic E-state index is 16.1. The topological polar surface area (TPSA) is 62.5 Å². The predicted molar refractivity (Wildman–Crippen MR) is 379 cm³/mol. The minimum absolute atomic E-state index is 0.0203. The van der Waals surface area contributed by atoms with Gasteiger partial charge in [0, 0.05) is 75.9 Å². The SMILES string of the molecule is Cc1ccc2c(c1)c1cc(C(C)(C)C)ccc1n2C1CC(C(C)(C)CC(C)(C)C)C=C(c2cc(Cl)cc(C)c2OCCOc2c(C)cc(Cl)cc2C2=CC(C(C)(C)CC(C)(C)C)CC(n3c4ccc(C(C)(C)C)cc4c4cc(C(C)(C)C)ccc43)C2=O)C1=O. The average molecular weight is 1240 g/mol. The Balaban J connectivity index is 1.04. The van der Waals surface area contributed by atoms with Crippen LogP contribution in [-0.2, 0) is 25.8 Å². The summed E-state index contributed by atoms with van der Waals surface area (Å²) >= 11 is 14.2. The van der Waals surface area contributed by atoms with E-state index in [4.69, 9.17) is 32.7 Å².